The minimum absolute atomic E-state index is 0.0113. The number of aliphatic hydroxyl groups excluding tert-OH is 1. The minimum Gasteiger partial charge on any atom is -0.472 e. The van der Waals surface area contributed by atoms with Gasteiger partial charge in [-0.25, -0.2) is 9.37 Å². The average molecular weight is 480 g/mol. The number of likely N-dealkylation sites (N-methyl/N-ethyl adjacent to an activating group) is 1. The Morgan fingerprint density at radius 3 is 2.77 bits per heavy atom. The third-order valence-electron chi connectivity index (χ3n) is 5.35. The van der Waals surface area contributed by atoms with Crippen molar-refractivity contribution >= 4 is 21.8 Å². The first kappa shape index (κ1) is 22.7. The molecule has 1 N–H and O–H groups in total. The molecule has 6 nitrogen and oxygen atoms in total. The smallest absolute Gasteiger partial charge is 0.259 e. The highest BCUT2D eigenvalue weighted by atomic mass is 79.9. The highest BCUT2D eigenvalue weighted by Gasteiger charge is 2.34. The topological polar surface area (TPSA) is 65.9 Å². The molecule has 0 saturated heterocycles. The lowest BCUT2D eigenvalue weighted by atomic mass is 10.00. The Labute approximate surface area is 184 Å². The van der Waals surface area contributed by atoms with Crippen LogP contribution in [0, 0.1) is 11.7 Å². The van der Waals surface area contributed by atoms with Gasteiger partial charge in [-0.15, -0.1) is 0 Å². The van der Waals surface area contributed by atoms with Crippen molar-refractivity contribution < 1.29 is 19.0 Å². The number of hydrogen-bond donors (Lipinski definition) is 1. The van der Waals surface area contributed by atoms with Gasteiger partial charge in [0.25, 0.3) is 5.91 Å². The molecular formula is C22H27BrFN3O3. The van der Waals surface area contributed by atoms with Gasteiger partial charge in [0.2, 0.25) is 5.88 Å². The van der Waals surface area contributed by atoms with Gasteiger partial charge in [0.05, 0.1) is 12.6 Å². The third kappa shape index (κ3) is 5.36. The summed E-state index contributed by atoms with van der Waals surface area (Å²) in [6.07, 6.45) is 1.39. The Morgan fingerprint density at radius 1 is 1.40 bits per heavy atom. The van der Waals surface area contributed by atoms with Crippen LogP contribution in [0.25, 0.3) is 0 Å². The van der Waals surface area contributed by atoms with Crippen LogP contribution in [0.5, 0.6) is 5.88 Å². The molecule has 0 spiro atoms. The summed E-state index contributed by atoms with van der Waals surface area (Å²) in [4.78, 5) is 21.2. The molecule has 0 saturated carbocycles. The van der Waals surface area contributed by atoms with Gasteiger partial charge in [-0.05, 0) is 53.7 Å². The molecule has 8 heteroatoms. The molecule has 3 atom stereocenters. The van der Waals surface area contributed by atoms with Crippen LogP contribution in [-0.4, -0.2) is 64.7 Å². The number of ether oxygens (including phenoxy) is 1. The van der Waals surface area contributed by atoms with E-state index in [1.807, 2.05) is 20.9 Å². The van der Waals surface area contributed by atoms with Gasteiger partial charge in [0.1, 0.15) is 17.5 Å². The van der Waals surface area contributed by atoms with Crippen LogP contribution >= 0.6 is 15.9 Å². The number of halogens is 2. The lowest BCUT2D eigenvalue weighted by molar-refractivity contribution is 0.0325. The van der Waals surface area contributed by atoms with Crippen LogP contribution in [-0.2, 0) is 6.54 Å². The second kappa shape index (κ2) is 9.85. The van der Waals surface area contributed by atoms with Crippen molar-refractivity contribution in [1.82, 2.24) is 14.8 Å². The van der Waals surface area contributed by atoms with E-state index >= 15 is 0 Å². The maximum Gasteiger partial charge on any atom is 0.259 e. The zero-order valence-corrected chi connectivity index (χ0v) is 19.0. The highest BCUT2D eigenvalue weighted by Crippen LogP contribution is 2.28. The van der Waals surface area contributed by atoms with Gasteiger partial charge >= 0.3 is 0 Å². The van der Waals surface area contributed by atoms with Crippen LogP contribution in [0.15, 0.2) is 41.0 Å². The average Bonchev–Trinajstić information content (AvgIpc) is 2.72. The quantitative estimate of drug-likeness (QED) is 0.688. The molecular weight excluding hydrogens is 453 g/mol. The van der Waals surface area contributed by atoms with Gasteiger partial charge in [-0.2, -0.15) is 0 Å². The second-order valence-corrected chi connectivity index (χ2v) is 8.87. The number of carbonyl (C=O) groups excluding carboxylic acids is 1. The van der Waals surface area contributed by atoms with Crippen molar-refractivity contribution in [2.75, 3.05) is 26.7 Å². The van der Waals surface area contributed by atoms with E-state index in [-0.39, 0.29) is 36.4 Å². The summed E-state index contributed by atoms with van der Waals surface area (Å²) in [5, 5.41) is 9.67. The molecule has 0 unspecified atom stereocenters. The standard InChI is InChI=1S/C22H27BrFN3O3/c1-14-10-27(15(2)13-28)22(29)19-8-17(23)9-25-21(19)30-20(14)12-26(3)11-16-4-6-18(24)7-5-16/h4-9,14-15,20,28H,10-13H2,1-3H3/t14-,15-,20-/m1/s1. The van der Waals surface area contributed by atoms with E-state index in [1.165, 1.54) is 12.1 Å². The molecule has 3 rings (SSSR count). The number of nitrogens with zero attached hydrogens (tertiary/aromatic N) is 3. The van der Waals surface area contributed by atoms with E-state index in [1.54, 1.807) is 29.3 Å². The number of hydrogen-bond acceptors (Lipinski definition) is 5. The Kier molecular flexibility index (Phi) is 7.44. The molecule has 0 fully saturated rings. The molecule has 1 amide bonds. The molecule has 1 aromatic carbocycles. The lowest BCUT2D eigenvalue weighted by Crippen LogP contribution is -2.49. The van der Waals surface area contributed by atoms with Gasteiger partial charge < -0.3 is 14.7 Å². The Hall–Kier alpha value is -2.03. The predicted octanol–water partition coefficient (Wildman–Crippen LogP) is 3.34. The van der Waals surface area contributed by atoms with E-state index < -0.39 is 0 Å². The van der Waals surface area contributed by atoms with E-state index in [0.717, 1.165) is 5.56 Å². The summed E-state index contributed by atoms with van der Waals surface area (Å²) in [6, 6.07) is 7.84. The number of aromatic nitrogens is 1. The van der Waals surface area contributed by atoms with Crippen LogP contribution < -0.4 is 4.74 Å². The summed E-state index contributed by atoms with van der Waals surface area (Å²) in [6.45, 7) is 5.44. The van der Waals surface area contributed by atoms with Crippen LogP contribution in [0.4, 0.5) is 4.39 Å². The number of fused-ring (bicyclic) bond motifs is 1. The van der Waals surface area contributed by atoms with Crippen LogP contribution in [0.1, 0.15) is 29.8 Å². The van der Waals surface area contributed by atoms with Crippen LogP contribution in [0.3, 0.4) is 0 Å². The van der Waals surface area contributed by atoms with Gasteiger partial charge in [-0.1, -0.05) is 19.1 Å². The SMILES string of the molecule is C[C@@H]1CN([C@H](C)CO)C(=O)c2cc(Br)cnc2O[C@@H]1CN(C)Cc1ccc(F)cc1. The van der Waals surface area contributed by atoms with Crippen molar-refractivity contribution in [2.24, 2.45) is 5.92 Å². The first-order valence-corrected chi connectivity index (χ1v) is 10.7. The molecule has 0 radical (unpaired) electrons. The Morgan fingerprint density at radius 2 is 2.10 bits per heavy atom. The van der Waals surface area contributed by atoms with E-state index in [0.29, 0.717) is 35.6 Å². The minimum atomic E-state index is -0.317. The fraction of sp³-hybridized carbons (Fsp3) is 0.455. The fourth-order valence-corrected chi connectivity index (χ4v) is 3.90. The summed E-state index contributed by atoms with van der Waals surface area (Å²) in [5.74, 6) is -0.150. The van der Waals surface area contributed by atoms with Crippen LogP contribution in [0.2, 0.25) is 0 Å². The first-order chi connectivity index (χ1) is 14.3. The van der Waals surface area contributed by atoms with Gasteiger partial charge in [-0.3, -0.25) is 9.69 Å². The summed E-state index contributed by atoms with van der Waals surface area (Å²) in [7, 11) is 1.98. The lowest BCUT2D eigenvalue weighted by Gasteiger charge is -2.37. The number of amides is 1. The second-order valence-electron chi connectivity index (χ2n) is 7.95. The highest BCUT2D eigenvalue weighted by molar-refractivity contribution is 9.10. The summed E-state index contributed by atoms with van der Waals surface area (Å²) < 4.78 is 20.1. The normalized spacial score (nSPS) is 20.4. The molecule has 30 heavy (non-hydrogen) atoms. The van der Waals surface area contributed by atoms with Crippen molar-refractivity contribution in [3.05, 3.63) is 57.9 Å². The molecule has 162 valence electrons. The largest absolute Gasteiger partial charge is 0.472 e. The first-order valence-electron chi connectivity index (χ1n) is 9.95. The molecule has 0 bridgehead atoms. The Balaban J connectivity index is 1.84. The van der Waals surface area contributed by atoms with E-state index in [2.05, 4.69) is 25.8 Å². The predicted molar refractivity (Wildman–Crippen MR) is 116 cm³/mol. The maximum absolute atomic E-state index is 13.2. The van der Waals surface area contributed by atoms with Crippen molar-refractivity contribution in [3.63, 3.8) is 0 Å². The monoisotopic (exact) mass is 479 g/mol. The van der Waals surface area contributed by atoms with Gasteiger partial charge in [0, 0.05) is 36.2 Å². The maximum atomic E-state index is 13.2. The number of aliphatic hydroxyl groups is 1. The number of rotatable bonds is 6. The zero-order chi connectivity index (χ0) is 21.8. The fourth-order valence-electron chi connectivity index (χ4n) is 3.57. The number of pyridine rings is 1. The van der Waals surface area contributed by atoms with E-state index in [4.69, 9.17) is 4.74 Å². The number of benzene rings is 1. The van der Waals surface area contributed by atoms with Crippen molar-refractivity contribution in [3.8, 4) is 5.88 Å². The number of carbonyl (C=O) groups is 1. The summed E-state index contributed by atoms with van der Waals surface area (Å²) >= 11 is 3.37. The Bertz CT molecular complexity index is 880. The molecule has 2 aromatic rings. The molecule has 1 aromatic heterocycles. The molecule has 0 aliphatic carbocycles. The molecule has 2 heterocycles. The zero-order valence-electron chi connectivity index (χ0n) is 17.4. The summed E-state index contributed by atoms with van der Waals surface area (Å²) in [5.41, 5.74) is 1.38. The molecule has 1 aliphatic heterocycles. The van der Waals surface area contributed by atoms with E-state index in [9.17, 15) is 14.3 Å². The van der Waals surface area contributed by atoms with Crippen molar-refractivity contribution in [1.29, 1.82) is 0 Å². The van der Waals surface area contributed by atoms with Crippen molar-refractivity contribution in [2.45, 2.75) is 32.5 Å². The third-order valence-corrected chi connectivity index (χ3v) is 5.78. The molecule has 1 aliphatic rings. The van der Waals surface area contributed by atoms with Gasteiger partial charge in [0.15, 0.2) is 0 Å².